The van der Waals surface area contributed by atoms with Gasteiger partial charge in [0.1, 0.15) is 5.82 Å². The summed E-state index contributed by atoms with van der Waals surface area (Å²) in [4.78, 5) is 16.8. The van der Waals surface area contributed by atoms with Crippen LogP contribution in [0.5, 0.6) is 0 Å². The summed E-state index contributed by atoms with van der Waals surface area (Å²) >= 11 is 0. The Labute approximate surface area is 141 Å². The SMILES string of the molecule is CCC1CN(C)c2ccccc2CN1C(=O)Nc1cccc(F)c1. The van der Waals surface area contributed by atoms with Gasteiger partial charge in [-0.3, -0.25) is 0 Å². The number of para-hydroxylation sites is 1. The van der Waals surface area contributed by atoms with Crippen LogP contribution >= 0.6 is 0 Å². The summed E-state index contributed by atoms with van der Waals surface area (Å²) in [6.07, 6.45) is 0.856. The summed E-state index contributed by atoms with van der Waals surface area (Å²) in [7, 11) is 2.05. The molecule has 0 saturated carbocycles. The van der Waals surface area contributed by atoms with E-state index < -0.39 is 0 Å². The molecule has 0 saturated heterocycles. The average Bonchev–Trinajstić information content (AvgIpc) is 2.72. The molecule has 0 radical (unpaired) electrons. The van der Waals surface area contributed by atoms with Gasteiger partial charge >= 0.3 is 6.03 Å². The van der Waals surface area contributed by atoms with Crippen molar-refractivity contribution >= 4 is 17.4 Å². The maximum absolute atomic E-state index is 13.3. The van der Waals surface area contributed by atoms with Gasteiger partial charge in [0.15, 0.2) is 0 Å². The van der Waals surface area contributed by atoms with Crippen molar-refractivity contribution in [1.82, 2.24) is 4.90 Å². The molecule has 5 heteroatoms. The Balaban J connectivity index is 1.86. The highest BCUT2D eigenvalue weighted by Gasteiger charge is 2.28. The second-order valence-electron chi connectivity index (χ2n) is 6.14. The lowest BCUT2D eigenvalue weighted by molar-refractivity contribution is 0.185. The van der Waals surface area contributed by atoms with E-state index in [4.69, 9.17) is 0 Å². The van der Waals surface area contributed by atoms with Crippen molar-refractivity contribution in [2.45, 2.75) is 25.9 Å². The van der Waals surface area contributed by atoms with E-state index in [1.165, 1.54) is 12.1 Å². The van der Waals surface area contributed by atoms with Gasteiger partial charge in [-0.2, -0.15) is 0 Å². The first-order valence-corrected chi connectivity index (χ1v) is 8.20. The number of urea groups is 1. The number of halogens is 1. The van der Waals surface area contributed by atoms with Gasteiger partial charge in [0, 0.05) is 31.5 Å². The number of carbonyl (C=O) groups excluding carboxylic acids is 1. The van der Waals surface area contributed by atoms with E-state index in [9.17, 15) is 9.18 Å². The van der Waals surface area contributed by atoms with Crippen molar-refractivity contribution in [1.29, 1.82) is 0 Å². The Morgan fingerprint density at radius 2 is 2.04 bits per heavy atom. The topological polar surface area (TPSA) is 35.6 Å². The third kappa shape index (κ3) is 3.35. The van der Waals surface area contributed by atoms with Crippen LogP contribution in [-0.4, -0.2) is 30.6 Å². The first-order chi connectivity index (χ1) is 11.6. The standard InChI is InChI=1S/C19H22FN3O/c1-3-17-13-22(2)18-10-5-4-7-14(18)12-23(17)19(24)21-16-9-6-8-15(20)11-16/h4-11,17H,3,12-13H2,1-2H3,(H,21,24). The van der Waals surface area contributed by atoms with Crippen LogP contribution < -0.4 is 10.2 Å². The molecule has 0 spiro atoms. The summed E-state index contributed by atoms with van der Waals surface area (Å²) in [5.74, 6) is -0.360. The number of anilines is 2. The van der Waals surface area contributed by atoms with Crippen LogP contribution in [-0.2, 0) is 6.54 Å². The fourth-order valence-corrected chi connectivity index (χ4v) is 3.19. The minimum atomic E-state index is -0.360. The summed E-state index contributed by atoms with van der Waals surface area (Å²) in [6.45, 7) is 3.39. The van der Waals surface area contributed by atoms with Crippen LogP contribution in [0.25, 0.3) is 0 Å². The lowest BCUT2D eigenvalue weighted by atomic mass is 10.1. The predicted octanol–water partition coefficient (Wildman–Crippen LogP) is 4.09. The quantitative estimate of drug-likeness (QED) is 0.902. The molecule has 126 valence electrons. The maximum Gasteiger partial charge on any atom is 0.322 e. The fraction of sp³-hybridized carbons (Fsp3) is 0.316. The molecule has 1 N–H and O–H groups in total. The van der Waals surface area contributed by atoms with Crippen LogP contribution in [0.15, 0.2) is 48.5 Å². The molecule has 2 aromatic carbocycles. The molecular formula is C19H22FN3O. The van der Waals surface area contributed by atoms with Gasteiger partial charge in [-0.05, 0) is 36.2 Å². The smallest absolute Gasteiger partial charge is 0.322 e. The first kappa shape index (κ1) is 16.3. The largest absolute Gasteiger partial charge is 0.372 e. The Kier molecular flexibility index (Phi) is 4.69. The molecule has 0 bridgehead atoms. The number of nitrogens with zero attached hydrogens (tertiary/aromatic N) is 2. The number of nitrogens with one attached hydrogen (secondary N) is 1. The number of hydrogen-bond acceptors (Lipinski definition) is 2. The monoisotopic (exact) mass is 327 g/mol. The van der Waals surface area contributed by atoms with Gasteiger partial charge in [0.05, 0.1) is 6.04 Å². The molecule has 1 atom stereocenters. The summed E-state index contributed by atoms with van der Waals surface area (Å²) in [6, 6.07) is 14.0. The van der Waals surface area contributed by atoms with Crippen molar-refractivity contribution < 1.29 is 9.18 Å². The van der Waals surface area contributed by atoms with E-state index in [1.54, 1.807) is 12.1 Å². The van der Waals surface area contributed by atoms with E-state index in [-0.39, 0.29) is 17.9 Å². The van der Waals surface area contributed by atoms with Crippen molar-refractivity contribution in [3.8, 4) is 0 Å². The normalized spacial score (nSPS) is 17.2. The van der Waals surface area contributed by atoms with Crippen LogP contribution in [0.2, 0.25) is 0 Å². The third-order valence-corrected chi connectivity index (χ3v) is 4.48. The highest BCUT2D eigenvalue weighted by Crippen LogP contribution is 2.27. The van der Waals surface area contributed by atoms with E-state index in [0.717, 1.165) is 24.2 Å². The molecule has 4 nitrogen and oxygen atoms in total. The zero-order valence-electron chi connectivity index (χ0n) is 14.0. The number of fused-ring (bicyclic) bond motifs is 1. The molecule has 1 aliphatic heterocycles. The van der Waals surface area contributed by atoms with Gasteiger partial charge in [-0.25, -0.2) is 9.18 Å². The van der Waals surface area contributed by atoms with Crippen LogP contribution in [0.1, 0.15) is 18.9 Å². The molecule has 2 aromatic rings. The van der Waals surface area contributed by atoms with Gasteiger partial charge in [-0.1, -0.05) is 31.2 Å². The van der Waals surface area contributed by atoms with Gasteiger partial charge < -0.3 is 15.1 Å². The summed E-state index contributed by atoms with van der Waals surface area (Å²) in [5, 5.41) is 2.82. The van der Waals surface area contributed by atoms with Crippen LogP contribution in [0.3, 0.4) is 0 Å². The van der Waals surface area contributed by atoms with E-state index in [0.29, 0.717) is 12.2 Å². The number of carbonyl (C=O) groups is 1. The first-order valence-electron chi connectivity index (χ1n) is 8.20. The van der Waals surface area contributed by atoms with Crippen molar-refractivity contribution in [3.05, 3.63) is 59.9 Å². The molecule has 0 aromatic heterocycles. The molecular weight excluding hydrogens is 305 g/mol. The highest BCUT2D eigenvalue weighted by atomic mass is 19.1. The predicted molar refractivity (Wildman–Crippen MR) is 94.8 cm³/mol. The number of amides is 2. The van der Waals surface area contributed by atoms with Crippen molar-refractivity contribution in [2.24, 2.45) is 0 Å². The van der Waals surface area contributed by atoms with Crippen molar-refractivity contribution in [2.75, 3.05) is 23.8 Å². The lowest BCUT2D eigenvalue weighted by Crippen LogP contribution is -2.45. The van der Waals surface area contributed by atoms with Gasteiger partial charge in [0.2, 0.25) is 0 Å². The second kappa shape index (κ2) is 6.91. The molecule has 0 aliphatic carbocycles. The molecule has 1 heterocycles. The van der Waals surface area contributed by atoms with Crippen LogP contribution in [0, 0.1) is 5.82 Å². The molecule has 1 aliphatic rings. The highest BCUT2D eigenvalue weighted by molar-refractivity contribution is 5.89. The Morgan fingerprint density at radius 3 is 2.79 bits per heavy atom. The zero-order chi connectivity index (χ0) is 17.1. The number of likely N-dealkylation sites (N-methyl/N-ethyl adjacent to an activating group) is 1. The second-order valence-corrected chi connectivity index (χ2v) is 6.14. The van der Waals surface area contributed by atoms with E-state index in [1.807, 2.05) is 23.1 Å². The molecule has 0 fully saturated rings. The fourth-order valence-electron chi connectivity index (χ4n) is 3.19. The minimum absolute atomic E-state index is 0.0935. The minimum Gasteiger partial charge on any atom is -0.372 e. The Morgan fingerprint density at radius 1 is 1.25 bits per heavy atom. The van der Waals surface area contributed by atoms with E-state index in [2.05, 4.69) is 30.3 Å². The summed E-state index contributed by atoms with van der Waals surface area (Å²) < 4.78 is 13.3. The molecule has 2 amide bonds. The summed E-state index contributed by atoms with van der Waals surface area (Å²) in [5.41, 5.74) is 2.74. The lowest BCUT2D eigenvalue weighted by Gasteiger charge is -2.30. The Bertz CT molecular complexity index is 734. The molecule has 24 heavy (non-hydrogen) atoms. The maximum atomic E-state index is 13.3. The average molecular weight is 327 g/mol. The van der Waals surface area contributed by atoms with Crippen molar-refractivity contribution in [3.63, 3.8) is 0 Å². The number of hydrogen-bond donors (Lipinski definition) is 1. The number of rotatable bonds is 2. The molecule has 1 unspecified atom stereocenters. The van der Waals surface area contributed by atoms with E-state index >= 15 is 0 Å². The number of benzene rings is 2. The van der Waals surface area contributed by atoms with Gasteiger partial charge in [0.25, 0.3) is 0 Å². The zero-order valence-corrected chi connectivity index (χ0v) is 14.0. The van der Waals surface area contributed by atoms with Gasteiger partial charge in [-0.15, -0.1) is 0 Å². The van der Waals surface area contributed by atoms with Crippen LogP contribution in [0.4, 0.5) is 20.6 Å². The third-order valence-electron chi connectivity index (χ3n) is 4.48. The Hall–Kier alpha value is -2.56. The molecule has 3 rings (SSSR count).